The summed E-state index contributed by atoms with van der Waals surface area (Å²) in [5.41, 5.74) is 7.55. The molecular formula is C17H20N2O2. The Kier molecular flexibility index (Phi) is 4.95. The summed E-state index contributed by atoms with van der Waals surface area (Å²) in [7, 11) is 0. The molecule has 2 rings (SSSR count). The zero-order valence-electron chi connectivity index (χ0n) is 12.3. The lowest BCUT2D eigenvalue weighted by Crippen LogP contribution is -2.34. The monoisotopic (exact) mass is 284 g/mol. The molecule has 0 aromatic heterocycles. The number of nitrogens with two attached hydrogens (primary N) is 1. The summed E-state index contributed by atoms with van der Waals surface area (Å²) in [4.78, 5) is 11.8. The van der Waals surface area contributed by atoms with Crippen LogP contribution < -0.4 is 15.8 Å². The van der Waals surface area contributed by atoms with Crippen LogP contribution in [0.3, 0.4) is 0 Å². The molecule has 0 saturated carbocycles. The van der Waals surface area contributed by atoms with Crippen molar-refractivity contribution in [2.24, 2.45) is 5.73 Å². The number of carbonyl (C=O) groups is 1. The fraction of sp³-hybridized carbons (Fsp3) is 0.235. The Balaban J connectivity index is 2.07. The summed E-state index contributed by atoms with van der Waals surface area (Å²) in [6.07, 6.45) is 0.603. The Morgan fingerprint density at radius 2 is 1.90 bits per heavy atom. The predicted molar refractivity (Wildman–Crippen MR) is 84.6 cm³/mol. The first-order valence-corrected chi connectivity index (χ1v) is 6.99. The number of rotatable bonds is 5. The highest BCUT2D eigenvalue weighted by Crippen LogP contribution is 2.24. The van der Waals surface area contributed by atoms with Crippen LogP contribution in [0.15, 0.2) is 48.5 Å². The van der Waals surface area contributed by atoms with Gasteiger partial charge in [0.1, 0.15) is 11.5 Å². The molecule has 4 heteroatoms. The second-order valence-electron chi connectivity index (χ2n) is 4.95. The molecule has 0 fully saturated rings. The fourth-order valence-electron chi connectivity index (χ4n) is 1.80. The van der Waals surface area contributed by atoms with Crippen LogP contribution in [0.2, 0.25) is 0 Å². The lowest BCUT2D eigenvalue weighted by atomic mass is 10.2. The van der Waals surface area contributed by atoms with Crippen molar-refractivity contribution in [2.45, 2.75) is 26.3 Å². The van der Waals surface area contributed by atoms with Gasteiger partial charge in [0.15, 0.2) is 0 Å². The molecule has 0 aliphatic heterocycles. The van der Waals surface area contributed by atoms with Crippen molar-refractivity contribution < 1.29 is 9.53 Å². The molecule has 0 spiro atoms. The van der Waals surface area contributed by atoms with Crippen molar-refractivity contribution in [2.75, 3.05) is 5.32 Å². The molecule has 21 heavy (non-hydrogen) atoms. The van der Waals surface area contributed by atoms with Gasteiger partial charge in [0.25, 0.3) is 0 Å². The third kappa shape index (κ3) is 4.33. The number of benzene rings is 2. The molecule has 0 radical (unpaired) electrons. The van der Waals surface area contributed by atoms with E-state index < -0.39 is 6.04 Å². The Morgan fingerprint density at radius 1 is 1.19 bits per heavy atom. The number of hydrogen-bond acceptors (Lipinski definition) is 3. The molecule has 0 bridgehead atoms. The quantitative estimate of drug-likeness (QED) is 0.883. The molecule has 0 saturated heterocycles. The van der Waals surface area contributed by atoms with E-state index in [1.165, 1.54) is 5.56 Å². The molecule has 0 aliphatic rings. The zero-order valence-corrected chi connectivity index (χ0v) is 12.3. The van der Waals surface area contributed by atoms with E-state index in [0.717, 1.165) is 5.75 Å². The van der Waals surface area contributed by atoms with Gasteiger partial charge < -0.3 is 15.8 Å². The van der Waals surface area contributed by atoms with Gasteiger partial charge in [-0.15, -0.1) is 0 Å². The van der Waals surface area contributed by atoms with Gasteiger partial charge in [-0.3, -0.25) is 4.79 Å². The van der Waals surface area contributed by atoms with Crippen molar-refractivity contribution in [1.82, 2.24) is 0 Å². The third-order valence-electron chi connectivity index (χ3n) is 3.13. The maximum absolute atomic E-state index is 11.8. The Labute approximate surface area is 124 Å². The van der Waals surface area contributed by atoms with E-state index in [-0.39, 0.29) is 5.91 Å². The van der Waals surface area contributed by atoms with Crippen molar-refractivity contribution >= 4 is 11.6 Å². The van der Waals surface area contributed by atoms with E-state index in [0.29, 0.717) is 17.9 Å². The molecule has 2 aromatic carbocycles. The van der Waals surface area contributed by atoms with E-state index in [9.17, 15) is 4.79 Å². The van der Waals surface area contributed by atoms with Crippen LogP contribution in [0.5, 0.6) is 11.5 Å². The summed E-state index contributed by atoms with van der Waals surface area (Å²) in [5, 5.41) is 2.78. The smallest absolute Gasteiger partial charge is 0.241 e. The first-order chi connectivity index (χ1) is 10.1. The molecule has 4 nitrogen and oxygen atoms in total. The number of aryl methyl sites for hydroxylation is 1. The van der Waals surface area contributed by atoms with Crippen molar-refractivity contribution in [3.63, 3.8) is 0 Å². The number of nitrogens with one attached hydrogen (secondary N) is 1. The number of ether oxygens (including phenoxy) is 1. The highest BCUT2D eigenvalue weighted by atomic mass is 16.5. The summed E-state index contributed by atoms with van der Waals surface area (Å²) < 4.78 is 5.76. The number of hydrogen-bond donors (Lipinski definition) is 2. The second-order valence-corrected chi connectivity index (χ2v) is 4.95. The molecule has 0 heterocycles. The van der Waals surface area contributed by atoms with Crippen LogP contribution in [0.25, 0.3) is 0 Å². The second kappa shape index (κ2) is 6.90. The van der Waals surface area contributed by atoms with E-state index >= 15 is 0 Å². The molecular weight excluding hydrogens is 264 g/mol. The van der Waals surface area contributed by atoms with E-state index in [1.54, 1.807) is 6.07 Å². The van der Waals surface area contributed by atoms with Gasteiger partial charge in [-0.05, 0) is 37.6 Å². The van der Waals surface area contributed by atoms with Crippen LogP contribution in [-0.2, 0) is 4.79 Å². The molecule has 1 unspecified atom stereocenters. The average Bonchev–Trinajstić information content (AvgIpc) is 2.49. The van der Waals surface area contributed by atoms with Gasteiger partial charge in [-0.1, -0.05) is 30.7 Å². The summed E-state index contributed by atoms with van der Waals surface area (Å²) in [6, 6.07) is 14.6. The standard InChI is InChI=1S/C17H20N2O2/c1-3-16(18)17(20)19-13-5-4-6-15(11-13)21-14-9-7-12(2)8-10-14/h4-11,16H,3,18H2,1-2H3,(H,19,20). The zero-order chi connectivity index (χ0) is 15.2. The Morgan fingerprint density at radius 3 is 2.57 bits per heavy atom. The maximum atomic E-state index is 11.8. The fourth-order valence-corrected chi connectivity index (χ4v) is 1.80. The number of carbonyl (C=O) groups excluding carboxylic acids is 1. The van der Waals surface area contributed by atoms with Gasteiger partial charge in [-0.25, -0.2) is 0 Å². The van der Waals surface area contributed by atoms with Crippen molar-refractivity contribution in [1.29, 1.82) is 0 Å². The largest absolute Gasteiger partial charge is 0.457 e. The Hall–Kier alpha value is -2.33. The van der Waals surface area contributed by atoms with Crippen molar-refractivity contribution in [3.05, 3.63) is 54.1 Å². The minimum absolute atomic E-state index is 0.190. The average molecular weight is 284 g/mol. The SMILES string of the molecule is CCC(N)C(=O)Nc1cccc(Oc2ccc(C)cc2)c1. The first-order valence-electron chi connectivity index (χ1n) is 6.99. The maximum Gasteiger partial charge on any atom is 0.241 e. The molecule has 0 aliphatic carbocycles. The first kappa shape index (κ1) is 15.1. The van der Waals surface area contributed by atoms with Crippen LogP contribution in [0.1, 0.15) is 18.9 Å². The van der Waals surface area contributed by atoms with E-state index in [2.05, 4.69) is 5.32 Å². The lowest BCUT2D eigenvalue weighted by Gasteiger charge is -2.11. The normalized spacial score (nSPS) is 11.8. The number of anilines is 1. The lowest BCUT2D eigenvalue weighted by molar-refractivity contribution is -0.117. The molecule has 1 amide bonds. The van der Waals surface area contributed by atoms with E-state index in [1.807, 2.05) is 56.3 Å². The summed E-state index contributed by atoms with van der Waals surface area (Å²) >= 11 is 0. The summed E-state index contributed by atoms with van der Waals surface area (Å²) in [5.74, 6) is 1.24. The van der Waals surface area contributed by atoms with E-state index in [4.69, 9.17) is 10.5 Å². The molecule has 110 valence electrons. The minimum atomic E-state index is -0.494. The predicted octanol–water partition coefficient (Wildman–Crippen LogP) is 3.46. The highest BCUT2D eigenvalue weighted by Gasteiger charge is 2.11. The van der Waals surface area contributed by atoms with Crippen LogP contribution in [0.4, 0.5) is 5.69 Å². The summed E-state index contributed by atoms with van der Waals surface area (Å²) in [6.45, 7) is 3.90. The van der Waals surface area contributed by atoms with Gasteiger partial charge in [0.05, 0.1) is 6.04 Å². The number of amides is 1. The van der Waals surface area contributed by atoms with Gasteiger partial charge in [0.2, 0.25) is 5.91 Å². The van der Waals surface area contributed by atoms with Crippen LogP contribution in [-0.4, -0.2) is 11.9 Å². The van der Waals surface area contributed by atoms with Gasteiger partial charge >= 0.3 is 0 Å². The van der Waals surface area contributed by atoms with Crippen LogP contribution in [0, 0.1) is 6.92 Å². The molecule has 3 N–H and O–H groups in total. The van der Waals surface area contributed by atoms with Gasteiger partial charge in [-0.2, -0.15) is 0 Å². The Bertz CT molecular complexity index is 608. The molecule has 2 aromatic rings. The van der Waals surface area contributed by atoms with Crippen LogP contribution >= 0.6 is 0 Å². The molecule has 1 atom stereocenters. The third-order valence-corrected chi connectivity index (χ3v) is 3.13. The topological polar surface area (TPSA) is 64.4 Å². The van der Waals surface area contributed by atoms with Crippen molar-refractivity contribution in [3.8, 4) is 11.5 Å². The van der Waals surface area contributed by atoms with Gasteiger partial charge in [0, 0.05) is 11.8 Å². The highest BCUT2D eigenvalue weighted by molar-refractivity contribution is 5.94. The minimum Gasteiger partial charge on any atom is -0.457 e.